The molecule has 4 nitrogen and oxygen atoms in total. The number of rotatable bonds is 6. The fourth-order valence-electron chi connectivity index (χ4n) is 2.59. The molecule has 0 radical (unpaired) electrons. The van der Waals surface area contributed by atoms with Crippen LogP contribution in [0.25, 0.3) is 6.08 Å². The number of aromatic nitrogens is 1. The SMILES string of the molecule is CC1CC1c1ccc(/C=C/C(=O)N(C)CCc2ccccn2)o1. The second kappa shape index (κ2) is 6.82. The molecule has 0 bridgehead atoms. The van der Waals surface area contributed by atoms with Gasteiger partial charge in [0.05, 0.1) is 0 Å². The van der Waals surface area contributed by atoms with Gasteiger partial charge in [0.25, 0.3) is 0 Å². The summed E-state index contributed by atoms with van der Waals surface area (Å²) in [6.45, 7) is 2.87. The van der Waals surface area contributed by atoms with Crippen molar-refractivity contribution in [2.24, 2.45) is 5.92 Å². The first kappa shape index (κ1) is 15.5. The van der Waals surface area contributed by atoms with Gasteiger partial charge in [-0.1, -0.05) is 13.0 Å². The summed E-state index contributed by atoms with van der Waals surface area (Å²) in [5.74, 6) is 3.03. The average Bonchev–Trinajstić information content (AvgIpc) is 3.11. The number of nitrogens with zero attached hydrogens (tertiary/aromatic N) is 2. The molecule has 2 unspecified atom stereocenters. The van der Waals surface area contributed by atoms with Crippen LogP contribution in [0, 0.1) is 5.92 Å². The molecule has 120 valence electrons. The zero-order valence-electron chi connectivity index (χ0n) is 13.6. The van der Waals surface area contributed by atoms with E-state index < -0.39 is 0 Å². The number of hydrogen-bond acceptors (Lipinski definition) is 3. The number of carbonyl (C=O) groups is 1. The fraction of sp³-hybridized carbons (Fsp3) is 0.368. The van der Waals surface area contributed by atoms with Gasteiger partial charge in [-0.2, -0.15) is 0 Å². The Kier molecular flexibility index (Phi) is 4.60. The summed E-state index contributed by atoms with van der Waals surface area (Å²) in [5.41, 5.74) is 0.991. The van der Waals surface area contributed by atoms with E-state index in [9.17, 15) is 4.79 Å². The van der Waals surface area contributed by atoms with Crippen molar-refractivity contribution >= 4 is 12.0 Å². The van der Waals surface area contributed by atoms with Gasteiger partial charge in [0.15, 0.2) is 0 Å². The van der Waals surface area contributed by atoms with Crippen LogP contribution in [-0.2, 0) is 11.2 Å². The van der Waals surface area contributed by atoms with Gasteiger partial charge >= 0.3 is 0 Å². The molecular weight excluding hydrogens is 288 g/mol. The predicted octanol–water partition coefficient (Wildman–Crippen LogP) is 3.51. The second-order valence-electron chi connectivity index (χ2n) is 6.22. The Balaban J connectivity index is 1.50. The van der Waals surface area contributed by atoms with Gasteiger partial charge in [0.1, 0.15) is 11.5 Å². The lowest BCUT2D eigenvalue weighted by atomic mass is 10.2. The van der Waals surface area contributed by atoms with Crippen LogP contribution in [-0.4, -0.2) is 29.4 Å². The summed E-state index contributed by atoms with van der Waals surface area (Å²) < 4.78 is 5.77. The van der Waals surface area contributed by atoms with Crippen molar-refractivity contribution in [2.75, 3.05) is 13.6 Å². The number of carbonyl (C=O) groups excluding carboxylic acids is 1. The molecule has 2 heterocycles. The molecule has 1 aliphatic carbocycles. The van der Waals surface area contributed by atoms with Crippen LogP contribution in [0.5, 0.6) is 0 Å². The van der Waals surface area contributed by atoms with E-state index in [1.165, 1.54) is 6.42 Å². The summed E-state index contributed by atoms with van der Waals surface area (Å²) in [7, 11) is 1.80. The van der Waals surface area contributed by atoms with E-state index in [0.29, 0.717) is 12.5 Å². The summed E-state index contributed by atoms with van der Waals surface area (Å²) >= 11 is 0. The highest BCUT2D eigenvalue weighted by molar-refractivity contribution is 5.91. The van der Waals surface area contributed by atoms with Crippen molar-refractivity contribution in [2.45, 2.75) is 25.7 Å². The predicted molar refractivity (Wildman–Crippen MR) is 89.8 cm³/mol. The van der Waals surface area contributed by atoms with Crippen molar-refractivity contribution < 1.29 is 9.21 Å². The van der Waals surface area contributed by atoms with Crippen LogP contribution in [0.3, 0.4) is 0 Å². The van der Waals surface area contributed by atoms with Crippen LogP contribution < -0.4 is 0 Å². The lowest BCUT2D eigenvalue weighted by Crippen LogP contribution is -2.27. The molecule has 4 heteroatoms. The van der Waals surface area contributed by atoms with Gasteiger partial charge in [-0.15, -0.1) is 0 Å². The third kappa shape index (κ3) is 4.09. The largest absolute Gasteiger partial charge is 0.461 e. The fourth-order valence-corrected chi connectivity index (χ4v) is 2.59. The van der Waals surface area contributed by atoms with E-state index in [2.05, 4.69) is 11.9 Å². The maximum atomic E-state index is 12.1. The summed E-state index contributed by atoms with van der Waals surface area (Å²) in [6, 6.07) is 9.76. The molecular formula is C19H22N2O2. The molecule has 2 atom stereocenters. The maximum absolute atomic E-state index is 12.1. The number of amides is 1. The Labute approximate surface area is 136 Å². The van der Waals surface area contributed by atoms with E-state index in [1.54, 1.807) is 30.3 Å². The first-order valence-electron chi connectivity index (χ1n) is 8.06. The van der Waals surface area contributed by atoms with Gasteiger partial charge in [0, 0.05) is 43.9 Å². The first-order chi connectivity index (χ1) is 11.1. The third-order valence-corrected chi connectivity index (χ3v) is 4.32. The Bertz CT molecular complexity index is 690. The zero-order valence-corrected chi connectivity index (χ0v) is 13.6. The number of furan rings is 1. The summed E-state index contributed by atoms with van der Waals surface area (Å²) in [6.07, 6.45) is 7.03. The highest BCUT2D eigenvalue weighted by Gasteiger charge is 2.36. The van der Waals surface area contributed by atoms with Gasteiger partial charge in [0.2, 0.25) is 5.91 Å². The van der Waals surface area contributed by atoms with Gasteiger partial charge in [-0.25, -0.2) is 0 Å². The average molecular weight is 310 g/mol. The first-order valence-corrected chi connectivity index (χ1v) is 8.06. The molecule has 1 amide bonds. The molecule has 0 spiro atoms. The molecule has 0 saturated heterocycles. The number of pyridine rings is 1. The minimum atomic E-state index is -0.0290. The van der Waals surface area contributed by atoms with Crippen molar-refractivity contribution in [1.82, 2.24) is 9.88 Å². The molecule has 0 aromatic carbocycles. The third-order valence-electron chi connectivity index (χ3n) is 4.32. The van der Waals surface area contributed by atoms with Crippen molar-refractivity contribution in [3.05, 3.63) is 59.8 Å². The van der Waals surface area contributed by atoms with Crippen LogP contribution >= 0.6 is 0 Å². The maximum Gasteiger partial charge on any atom is 0.246 e. The molecule has 23 heavy (non-hydrogen) atoms. The molecule has 3 rings (SSSR count). The molecule has 0 aliphatic heterocycles. The highest BCUT2D eigenvalue weighted by Crippen LogP contribution is 2.47. The van der Waals surface area contributed by atoms with Crippen molar-refractivity contribution in [3.8, 4) is 0 Å². The molecule has 1 fully saturated rings. The zero-order chi connectivity index (χ0) is 16.2. The molecule has 1 aliphatic rings. The number of hydrogen-bond donors (Lipinski definition) is 0. The van der Waals surface area contributed by atoms with Crippen LogP contribution in [0.15, 0.2) is 47.0 Å². The van der Waals surface area contributed by atoms with Crippen LogP contribution in [0.4, 0.5) is 0 Å². The van der Waals surface area contributed by atoms with Crippen LogP contribution in [0.1, 0.15) is 36.5 Å². The molecule has 0 N–H and O–H groups in total. The Morgan fingerprint density at radius 1 is 1.39 bits per heavy atom. The standard InChI is InChI=1S/C19H22N2O2/c1-14-13-17(14)18-8-6-16(23-18)7-9-19(22)21(2)12-10-15-5-3-4-11-20-15/h3-9,11,14,17H,10,12-13H2,1-2H3/b9-7+. The molecule has 2 aromatic heterocycles. The van der Waals surface area contributed by atoms with E-state index in [-0.39, 0.29) is 5.91 Å². The lowest BCUT2D eigenvalue weighted by molar-refractivity contribution is -0.124. The normalized spacial score (nSPS) is 19.9. The van der Waals surface area contributed by atoms with Crippen LogP contribution in [0.2, 0.25) is 0 Å². The minimum Gasteiger partial charge on any atom is -0.461 e. The summed E-state index contributed by atoms with van der Waals surface area (Å²) in [5, 5.41) is 0. The topological polar surface area (TPSA) is 46.3 Å². The minimum absolute atomic E-state index is 0.0290. The summed E-state index contributed by atoms with van der Waals surface area (Å²) in [4.78, 5) is 18.1. The second-order valence-corrected chi connectivity index (χ2v) is 6.22. The Morgan fingerprint density at radius 2 is 2.22 bits per heavy atom. The smallest absolute Gasteiger partial charge is 0.246 e. The molecule has 2 aromatic rings. The van der Waals surface area contributed by atoms with Crippen molar-refractivity contribution in [1.29, 1.82) is 0 Å². The van der Waals surface area contributed by atoms with Gasteiger partial charge in [-0.3, -0.25) is 9.78 Å². The molecule has 1 saturated carbocycles. The Morgan fingerprint density at radius 3 is 2.91 bits per heavy atom. The monoisotopic (exact) mass is 310 g/mol. The van der Waals surface area contributed by atoms with E-state index in [1.807, 2.05) is 30.3 Å². The van der Waals surface area contributed by atoms with E-state index >= 15 is 0 Å². The van der Waals surface area contributed by atoms with Crippen molar-refractivity contribution in [3.63, 3.8) is 0 Å². The highest BCUT2D eigenvalue weighted by atomic mass is 16.3. The van der Waals surface area contributed by atoms with Gasteiger partial charge < -0.3 is 9.32 Å². The Hall–Kier alpha value is -2.36. The van der Waals surface area contributed by atoms with Gasteiger partial charge in [-0.05, 0) is 42.7 Å². The van der Waals surface area contributed by atoms with E-state index in [4.69, 9.17) is 4.42 Å². The van der Waals surface area contributed by atoms with E-state index in [0.717, 1.165) is 29.6 Å². The quantitative estimate of drug-likeness (QED) is 0.767. The lowest BCUT2D eigenvalue weighted by Gasteiger charge is -2.14. The number of likely N-dealkylation sites (N-methyl/N-ethyl adjacent to an activating group) is 1.